The Hall–Kier alpha value is -0.980. The first kappa shape index (κ1) is 12.1. The highest BCUT2D eigenvalue weighted by Gasteiger charge is 2.02. The van der Waals surface area contributed by atoms with Crippen molar-refractivity contribution in [3.05, 3.63) is 29.3 Å². The second-order valence-electron chi connectivity index (χ2n) is 4.13. The summed E-state index contributed by atoms with van der Waals surface area (Å²) in [6.07, 6.45) is 6.38. The van der Waals surface area contributed by atoms with Crippen LogP contribution in [-0.2, 0) is 6.42 Å². The third kappa shape index (κ3) is 3.94. The summed E-state index contributed by atoms with van der Waals surface area (Å²) in [6, 6.07) is 6.42. The smallest absolute Gasteiger partial charge is 0.122 e. The molecule has 0 spiro atoms. The van der Waals surface area contributed by atoms with Crippen molar-refractivity contribution in [1.82, 2.24) is 0 Å². The number of aryl methyl sites for hydroxylation is 2. The van der Waals surface area contributed by atoms with Crippen molar-refractivity contribution in [2.24, 2.45) is 0 Å². The summed E-state index contributed by atoms with van der Waals surface area (Å²) < 4.78 is 5.36. The van der Waals surface area contributed by atoms with Gasteiger partial charge in [0.2, 0.25) is 0 Å². The Morgan fingerprint density at radius 3 is 2.60 bits per heavy atom. The van der Waals surface area contributed by atoms with Gasteiger partial charge in [-0.05, 0) is 31.4 Å². The quantitative estimate of drug-likeness (QED) is 0.636. The van der Waals surface area contributed by atoms with Gasteiger partial charge in [-0.2, -0.15) is 0 Å². The number of methoxy groups -OCH3 is 1. The second-order valence-corrected chi connectivity index (χ2v) is 4.13. The van der Waals surface area contributed by atoms with Gasteiger partial charge in [0.25, 0.3) is 0 Å². The zero-order chi connectivity index (χ0) is 11.1. The predicted molar refractivity (Wildman–Crippen MR) is 65.6 cm³/mol. The summed E-state index contributed by atoms with van der Waals surface area (Å²) in [5.74, 6) is 1.04. The van der Waals surface area contributed by atoms with Crippen LogP contribution in [0.4, 0.5) is 0 Å². The average molecular weight is 206 g/mol. The molecule has 0 aliphatic carbocycles. The molecule has 0 aliphatic heterocycles. The van der Waals surface area contributed by atoms with Gasteiger partial charge in [0, 0.05) is 0 Å². The molecular weight excluding hydrogens is 184 g/mol. The van der Waals surface area contributed by atoms with E-state index in [2.05, 4.69) is 32.0 Å². The first-order valence-corrected chi connectivity index (χ1v) is 5.91. The van der Waals surface area contributed by atoms with E-state index in [1.54, 1.807) is 7.11 Å². The predicted octanol–water partition coefficient (Wildman–Crippen LogP) is 4.13. The van der Waals surface area contributed by atoms with Crippen molar-refractivity contribution in [3.8, 4) is 5.75 Å². The molecule has 0 heterocycles. The maximum absolute atomic E-state index is 5.36. The number of hydrogen-bond donors (Lipinski definition) is 0. The van der Waals surface area contributed by atoms with Gasteiger partial charge in [-0.1, -0.05) is 43.9 Å². The lowest BCUT2D eigenvalue weighted by atomic mass is 10.0. The molecule has 1 heteroatoms. The zero-order valence-electron chi connectivity index (χ0n) is 10.2. The highest BCUT2D eigenvalue weighted by Crippen LogP contribution is 2.21. The third-order valence-corrected chi connectivity index (χ3v) is 2.74. The van der Waals surface area contributed by atoms with E-state index < -0.39 is 0 Å². The van der Waals surface area contributed by atoms with E-state index >= 15 is 0 Å². The van der Waals surface area contributed by atoms with Crippen molar-refractivity contribution in [2.75, 3.05) is 7.11 Å². The number of ether oxygens (including phenoxy) is 1. The van der Waals surface area contributed by atoms with Crippen LogP contribution in [0.25, 0.3) is 0 Å². The SMILES string of the molecule is CCCCCCc1cc(C)ccc1OC. The fourth-order valence-corrected chi connectivity index (χ4v) is 1.84. The van der Waals surface area contributed by atoms with Crippen molar-refractivity contribution in [3.63, 3.8) is 0 Å². The van der Waals surface area contributed by atoms with Crippen LogP contribution in [-0.4, -0.2) is 7.11 Å². The average Bonchev–Trinajstić information content (AvgIpc) is 2.25. The van der Waals surface area contributed by atoms with Gasteiger partial charge in [0.1, 0.15) is 5.75 Å². The molecule has 0 aliphatic rings. The number of rotatable bonds is 6. The van der Waals surface area contributed by atoms with Crippen LogP contribution >= 0.6 is 0 Å². The van der Waals surface area contributed by atoms with Crippen LogP contribution in [0.1, 0.15) is 43.7 Å². The molecule has 0 N–H and O–H groups in total. The molecule has 0 saturated carbocycles. The van der Waals surface area contributed by atoms with Crippen LogP contribution in [0.5, 0.6) is 5.75 Å². The molecule has 0 fully saturated rings. The Morgan fingerprint density at radius 2 is 1.93 bits per heavy atom. The van der Waals surface area contributed by atoms with Crippen molar-refractivity contribution < 1.29 is 4.74 Å². The van der Waals surface area contributed by atoms with Gasteiger partial charge in [-0.3, -0.25) is 0 Å². The maximum Gasteiger partial charge on any atom is 0.122 e. The van der Waals surface area contributed by atoms with Gasteiger partial charge in [-0.15, -0.1) is 0 Å². The molecule has 0 saturated heterocycles. The Labute approximate surface area is 93.5 Å². The summed E-state index contributed by atoms with van der Waals surface area (Å²) in [6.45, 7) is 4.38. The van der Waals surface area contributed by atoms with Crippen LogP contribution in [0.3, 0.4) is 0 Å². The molecule has 0 unspecified atom stereocenters. The van der Waals surface area contributed by atoms with E-state index in [4.69, 9.17) is 4.74 Å². The minimum Gasteiger partial charge on any atom is -0.496 e. The summed E-state index contributed by atoms with van der Waals surface area (Å²) in [7, 11) is 1.75. The zero-order valence-corrected chi connectivity index (χ0v) is 10.2. The minimum atomic E-state index is 1.04. The van der Waals surface area contributed by atoms with E-state index in [0.717, 1.165) is 12.2 Å². The molecule has 1 nitrogen and oxygen atoms in total. The van der Waals surface area contributed by atoms with E-state index in [-0.39, 0.29) is 0 Å². The van der Waals surface area contributed by atoms with Crippen LogP contribution in [0.15, 0.2) is 18.2 Å². The Bertz CT molecular complexity index is 291. The minimum absolute atomic E-state index is 1.04. The summed E-state index contributed by atoms with van der Waals surface area (Å²) in [5, 5.41) is 0. The van der Waals surface area contributed by atoms with Gasteiger partial charge >= 0.3 is 0 Å². The van der Waals surface area contributed by atoms with Gasteiger partial charge < -0.3 is 4.74 Å². The van der Waals surface area contributed by atoms with Crippen molar-refractivity contribution in [1.29, 1.82) is 0 Å². The lowest BCUT2D eigenvalue weighted by molar-refractivity contribution is 0.408. The van der Waals surface area contributed by atoms with E-state index in [9.17, 15) is 0 Å². The first-order chi connectivity index (χ1) is 7.27. The van der Waals surface area contributed by atoms with Gasteiger partial charge in [0.15, 0.2) is 0 Å². The Morgan fingerprint density at radius 1 is 1.13 bits per heavy atom. The van der Waals surface area contributed by atoms with Crippen LogP contribution < -0.4 is 4.74 Å². The largest absolute Gasteiger partial charge is 0.496 e. The lowest BCUT2D eigenvalue weighted by Crippen LogP contribution is -1.93. The van der Waals surface area contributed by atoms with Crippen LogP contribution in [0.2, 0.25) is 0 Å². The highest BCUT2D eigenvalue weighted by atomic mass is 16.5. The molecule has 15 heavy (non-hydrogen) atoms. The van der Waals surface area contributed by atoms with Crippen molar-refractivity contribution >= 4 is 0 Å². The van der Waals surface area contributed by atoms with Crippen LogP contribution in [0, 0.1) is 6.92 Å². The molecule has 0 bridgehead atoms. The standard InChI is InChI=1S/C14H22O/c1-4-5-6-7-8-13-11-12(2)9-10-14(13)15-3/h9-11H,4-8H2,1-3H3. The fraction of sp³-hybridized carbons (Fsp3) is 0.571. The molecule has 1 rings (SSSR count). The summed E-state index contributed by atoms with van der Waals surface area (Å²) in [4.78, 5) is 0. The highest BCUT2D eigenvalue weighted by molar-refractivity contribution is 5.36. The molecular formula is C14H22O. The second kappa shape index (κ2) is 6.49. The molecule has 1 aromatic rings. The molecule has 0 aromatic heterocycles. The van der Waals surface area contributed by atoms with E-state index in [1.807, 2.05) is 0 Å². The van der Waals surface area contributed by atoms with Gasteiger partial charge in [0.05, 0.1) is 7.11 Å². The Kier molecular flexibility index (Phi) is 5.23. The number of unbranched alkanes of at least 4 members (excludes halogenated alkanes) is 3. The normalized spacial score (nSPS) is 10.3. The summed E-state index contributed by atoms with van der Waals surface area (Å²) in [5.41, 5.74) is 2.68. The summed E-state index contributed by atoms with van der Waals surface area (Å²) >= 11 is 0. The van der Waals surface area contributed by atoms with Crippen molar-refractivity contribution in [2.45, 2.75) is 46.0 Å². The monoisotopic (exact) mass is 206 g/mol. The lowest BCUT2D eigenvalue weighted by Gasteiger charge is -2.09. The van der Waals surface area contributed by atoms with Gasteiger partial charge in [-0.25, -0.2) is 0 Å². The number of benzene rings is 1. The Balaban J connectivity index is 2.54. The maximum atomic E-state index is 5.36. The topological polar surface area (TPSA) is 9.23 Å². The third-order valence-electron chi connectivity index (χ3n) is 2.74. The van der Waals surface area contributed by atoms with E-state index in [1.165, 1.54) is 36.8 Å². The molecule has 84 valence electrons. The molecule has 0 atom stereocenters. The molecule has 0 amide bonds. The molecule has 0 radical (unpaired) electrons. The fourth-order valence-electron chi connectivity index (χ4n) is 1.84. The van der Waals surface area contributed by atoms with E-state index in [0.29, 0.717) is 0 Å². The first-order valence-electron chi connectivity index (χ1n) is 5.91. The molecule has 1 aromatic carbocycles. The number of hydrogen-bond acceptors (Lipinski definition) is 1.